The lowest BCUT2D eigenvalue weighted by molar-refractivity contribution is -0.149. The molecular weight excluding hydrogens is 385 g/mol. The van der Waals surface area contributed by atoms with E-state index in [0.29, 0.717) is 4.47 Å². The molecule has 0 bridgehead atoms. The van der Waals surface area contributed by atoms with Gasteiger partial charge in [-0.05, 0) is 30.3 Å². The highest BCUT2D eigenvalue weighted by Crippen LogP contribution is 2.24. The Morgan fingerprint density at radius 3 is 2.62 bits per heavy atom. The third-order valence-corrected chi connectivity index (χ3v) is 3.27. The van der Waals surface area contributed by atoms with Crippen LogP contribution >= 0.6 is 15.9 Å². The first-order valence-electron chi connectivity index (χ1n) is 6.77. The van der Waals surface area contributed by atoms with E-state index in [4.69, 9.17) is 9.47 Å². The number of phenols is 1. The fourth-order valence-corrected chi connectivity index (χ4v) is 2.01. The molecule has 0 aliphatic rings. The SMILES string of the molecule is O=C(COC(=O)COc1ccccc1O)Nc1ccc(Br)cc1F. The zero-order chi connectivity index (χ0) is 17.5. The van der Waals surface area contributed by atoms with Gasteiger partial charge in [0.2, 0.25) is 0 Å². The number of hydrogen-bond acceptors (Lipinski definition) is 5. The minimum absolute atomic E-state index is 0.0234. The molecule has 6 nitrogen and oxygen atoms in total. The number of aromatic hydroxyl groups is 1. The van der Waals surface area contributed by atoms with Gasteiger partial charge in [-0.25, -0.2) is 9.18 Å². The summed E-state index contributed by atoms with van der Waals surface area (Å²) in [6.07, 6.45) is 0. The topological polar surface area (TPSA) is 84.9 Å². The molecule has 0 aromatic heterocycles. The second-order valence-corrected chi connectivity index (χ2v) is 5.51. The van der Waals surface area contributed by atoms with Crippen molar-refractivity contribution >= 4 is 33.5 Å². The molecule has 0 radical (unpaired) electrons. The van der Waals surface area contributed by atoms with Crippen molar-refractivity contribution < 1.29 is 28.6 Å². The summed E-state index contributed by atoms with van der Waals surface area (Å²) >= 11 is 3.10. The average Bonchev–Trinajstić information content (AvgIpc) is 2.55. The highest BCUT2D eigenvalue weighted by atomic mass is 79.9. The first kappa shape index (κ1) is 17.7. The normalized spacial score (nSPS) is 10.1. The van der Waals surface area contributed by atoms with Gasteiger partial charge in [0.15, 0.2) is 24.7 Å². The van der Waals surface area contributed by atoms with Crippen LogP contribution < -0.4 is 10.1 Å². The van der Waals surface area contributed by atoms with Gasteiger partial charge in [-0.2, -0.15) is 0 Å². The second kappa shape index (κ2) is 8.30. The number of halogens is 2. The lowest BCUT2D eigenvalue weighted by Gasteiger charge is -2.09. The third kappa shape index (κ3) is 5.24. The number of anilines is 1. The lowest BCUT2D eigenvalue weighted by Crippen LogP contribution is -2.24. The van der Waals surface area contributed by atoms with Crippen molar-refractivity contribution in [2.75, 3.05) is 18.5 Å². The van der Waals surface area contributed by atoms with Crippen LogP contribution in [0.1, 0.15) is 0 Å². The molecule has 0 saturated heterocycles. The van der Waals surface area contributed by atoms with Crippen LogP contribution in [0.3, 0.4) is 0 Å². The maximum absolute atomic E-state index is 13.6. The first-order chi connectivity index (χ1) is 11.5. The van der Waals surface area contributed by atoms with Crippen molar-refractivity contribution in [3.63, 3.8) is 0 Å². The van der Waals surface area contributed by atoms with Crippen LogP contribution in [-0.4, -0.2) is 30.2 Å². The Balaban J connectivity index is 1.77. The van der Waals surface area contributed by atoms with Gasteiger partial charge < -0.3 is 19.9 Å². The number of carbonyl (C=O) groups is 2. The van der Waals surface area contributed by atoms with Gasteiger partial charge in [-0.3, -0.25) is 4.79 Å². The zero-order valence-corrected chi connectivity index (χ0v) is 13.9. The number of amides is 1. The van der Waals surface area contributed by atoms with E-state index in [1.54, 1.807) is 18.2 Å². The van der Waals surface area contributed by atoms with Crippen LogP contribution in [0.5, 0.6) is 11.5 Å². The van der Waals surface area contributed by atoms with Gasteiger partial charge in [0.1, 0.15) is 5.82 Å². The van der Waals surface area contributed by atoms with Crippen molar-refractivity contribution in [3.05, 3.63) is 52.8 Å². The van der Waals surface area contributed by atoms with Crippen molar-refractivity contribution in [1.29, 1.82) is 0 Å². The number of ether oxygens (including phenoxy) is 2. The van der Waals surface area contributed by atoms with Crippen molar-refractivity contribution in [2.24, 2.45) is 0 Å². The molecule has 0 aliphatic carbocycles. The Morgan fingerprint density at radius 2 is 1.92 bits per heavy atom. The second-order valence-electron chi connectivity index (χ2n) is 4.59. The first-order valence-corrected chi connectivity index (χ1v) is 7.56. The van der Waals surface area contributed by atoms with E-state index < -0.39 is 30.9 Å². The van der Waals surface area contributed by atoms with Crippen LogP contribution in [-0.2, 0) is 14.3 Å². The Bertz CT molecular complexity index is 753. The Labute approximate surface area is 145 Å². The Kier molecular flexibility index (Phi) is 6.14. The number of nitrogens with one attached hydrogen (secondary N) is 1. The Hall–Kier alpha value is -2.61. The number of hydrogen-bond donors (Lipinski definition) is 2. The number of esters is 1. The van der Waals surface area contributed by atoms with Crippen LogP contribution in [0, 0.1) is 5.82 Å². The molecule has 1 amide bonds. The molecule has 2 N–H and O–H groups in total. The maximum atomic E-state index is 13.6. The summed E-state index contributed by atoms with van der Waals surface area (Å²) in [6.45, 7) is -1.06. The largest absolute Gasteiger partial charge is 0.504 e. The molecule has 24 heavy (non-hydrogen) atoms. The predicted octanol–water partition coefficient (Wildman–Crippen LogP) is 2.85. The summed E-state index contributed by atoms with van der Waals surface area (Å²) < 4.78 is 23.9. The third-order valence-electron chi connectivity index (χ3n) is 2.78. The van der Waals surface area contributed by atoms with Crippen LogP contribution in [0.2, 0.25) is 0 Å². The zero-order valence-electron chi connectivity index (χ0n) is 12.3. The lowest BCUT2D eigenvalue weighted by atomic mass is 10.3. The molecule has 2 aromatic rings. The molecule has 2 rings (SSSR count). The number of rotatable bonds is 6. The van der Waals surface area contributed by atoms with E-state index in [-0.39, 0.29) is 17.2 Å². The summed E-state index contributed by atoms with van der Waals surface area (Å²) in [6, 6.07) is 10.2. The quantitative estimate of drug-likeness (QED) is 0.732. The number of phenolic OH excluding ortho intramolecular Hbond substituents is 1. The van der Waals surface area contributed by atoms with Crippen molar-refractivity contribution in [3.8, 4) is 11.5 Å². The monoisotopic (exact) mass is 397 g/mol. The molecule has 2 aromatic carbocycles. The summed E-state index contributed by atoms with van der Waals surface area (Å²) in [5.41, 5.74) is -0.0234. The van der Waals surface area contributed by atoms with Gasteiger partial charge in [0.25, 0.3) is 5.91 Å². The molecule has 8 heteroatoms. The molecule has 0 aliphatic heterocycles. The molecule has 0 saturated carbocycles. The van der Waals surface area contributed by atoms with E-state index in [1.165, 1.54) is 24.3 Å². The molecule has 0 unspecified atom stereocenters. The van der Waals surface area contributed by atoms with Gasteiger partial charge in [-0.1, -0.05) is 28.1 Å². The smallest absolute Gasteiger partial charge is 0.344 e. The molecular formula is C16H13BrFNO5. The van der Waals surface area contributed by atoms with E-state index in [0.717, 1.165) is 0 Å². The van der Waals surface area contributed by atoms with Gasteiger partial charge >= 0.3 is 5.97 Å². The summed E-state index contributed by atoms with van der Waals surface area (Å²) in [5.74, 6) is -2.10. The van der Waals surface area contributed by atoms with Gasteiger partial charge in [0.05, 0.1) is 5.69 Å². The molecule has 0 heterocycles. The molecule has 0 atom stereocenters. The fourth-order valence-electron chi connectivity index (χ4n) is 1.68. The maximum Gasteiger partial charge on any atom is 0.344 e. The highest BCUT2D eigenvalue weighted by molar-refractivity contribution is 9.10. The summed E-state index contributed by atoms with van der Waals surface area (Å²) in [7, 11) is 0. The molecule has 126 valence electrons. The van der Waals surface area contributed by atoms with E-state index >= 15 is 0 Å². The minimum atomic E-state index is -0.801. The summed E-state index contributed by atoms with van der Waals surface area (Å²) in [4.78, 5) is 23.1. The average molecular weight is 398 g/mol. The number of para-hydroxylation sites is 2. The predicted molar refractivity (Wildman–Crippen MR) is 87.3 cm³/mol. The highest BCUT2D eigenvalue weighted by Gasteiger charge is 2.12. The van der Waals surface area contributed by atoms with Crippen LogP contribution in [0.15, 0.2) is 46.9 Å². The standard InChI is InChI=1S/C16H13BrFNO5/c17-10-5-6-12(11(18)7-10)19-15(21)8-24-16(22)9-23-14-4-2-1-3-13(14)20/h1-7,20H,8-9H2,(H,19,21). The number of benzene rings is 2. The van der Waals surface area contributed by atoms with Gasteiger partial charge in [0, 0.05) is 4.47 Å². The minimum Gasteiger partial charge on any atom is -0.504 e. The Morgan fingerprint density at radius 1 is 1.17 bits per heavy atom. The summed E-state index contributed by atoms with van der Waals surface area (Å²) in [5, 5.41) is 11.8. The van der Waals surface area contributed by atoms with E-state index in [9.17, 15) is 19.1 Å². The van der Waals surface area contributed by atoms with E-state index in [1.807, 2.05) is 0 Å². The molecule has 0 spiro atoms. The molecule has 0 fully saturated rings. The number of carbonyl (C=O) groups excluding carboxylic acids is 2. The van der Waals surface area contributed by atoms with Crippen LogP contribution in [0.4, 0.5) is 10.1 Å². The van der Waals surface area contributed by atoms with Crippen LogP contribution in [0.25, 0.3) is 0 Å². The fraction of sp³-hybridized carbons (Fsp3) is 0.125. The van der Waals surface area contributed by atoms with Crippen molar-refractivity contribution in [2.45, 2.75) is 0 Å². The van der Waals surface area contributed by atoms with E-state index in [2.05, 4.69) is 21.2 Å². The van der Waals surface area contributed by atoms with Crippen molar-refractivity contribution in [1.82, 2.24) is 0 Å². The van der Waals surface area contributed by atoms with Gasteiger partial charge in [-0.15, -0.1) is 0 Å².